The molecule has 0 bridgehead atoms. The fourth-order valence-corrected chi connectivity index (χ4v) is 4.28. The molecule has 1 fully saturated rings. The van der Waals surface area contributed by atoms with Gasteiger partial charge in [-0.25, -0.2) is 12.8 Å². The van der Waals surface area contributed by atoms with Crippen molar-refractivity contribution in [1.29, 1.82) is 0 Å². The van der Waals surface area contributed by atoms with Crippen LogP contribution in [0.5, 0.6) is 0 Å². The van der Waals surface area contributed by atoms with Crippen LogP contribution in [0.4, 0.5) is 15.9 Å². The first-order valence-corrected chi connectivity index (χ1v) is 11.1. The van der Waals surface area contributed by atoms with Gasteiger partial charge in [-0.15, -0.1) is 10.2 Å². The average molecular weight is 428 g/mol. The van der Waals surface area contributed by atoms with E-state index in [-0.39, 0.29) is 4.90 Å². The van der Waals surface area contributed by atoms with E-state index in [0.717, 1.165) is 49.7 Å². The molecule has 0 aliphatic carbocycles. The summed E-state index contributed by atoms with van der Waals surface area (Å²) in [6.45, 7) is 3.85. The van der Waals surface area contributed by atoms with Crippen LogP contribution >= 0.6 is 0 Å². The van der Waals surface area contributed by atoms with Crippen molar-refractivity contribution in [1.82, 2.24) is 15.1 Å². The summed E-state index contributed by atoms with van der Waals surface area (Å²) < 4.78 is 40.3. The maximum absolute atomic E-state index is 13.0. The van der Waals surface area contributed by atoms with Gasteiger partial charge in [-0.05, 0) is 55.6 Å². The van der Waals surface area contributed by atoms with Gasteiger partial charge in [0.2, 0.25) is 0 Å². The van der Waals surface area contributed by atoms with Crippen molar-refractivity contribution in [2.45, 2.75) is 4.90 Å². The number of hydrogen-bond acceptors (Lipinski definition) is 6. The Morgan fingerprint density at radius 3 is 2.13 bits per heavy atom. The number of sulfonamides is 1. The Morgan fingerprint density at radius 1 is 0.867 bits per heavy atom. The van der Waals surface area contributed by atoms with Gasteiger partial charge in [-0.2, -0.15) is 0 Å². The molecule has 0 atom stereocenters. The molecule has 0 unspecified atom stereocenters. The van der Waals surface area contributed by atoms with E-state index < -0.39 is 15.8 Å². The van der Waals surface area contributed by atoms with Crippen LogP contribution in [0.25, 0.3) is 11.3 Å². The van der Waals surface area contributed by atoms with Gasteiger partial charge in [0, 0.05) is 37.4 Å². The molecule has 1 aliphatic rings. The second-order valence-electron chi connectivity index (χ2n) is 7.20. The van der Waals surface area contributed by atoms with E-state index in [1.165, 1.54) is 12.1 Å². The lowest BCUT2D eigenvalue weighted by molar-refractivity contribution is 0.312. The Labute approximate surface area is 175 Å². The summed E-state index contributed by atoms with van der Waals surface area (Å²) in [6, 6.07) is 15.4. The lowest BCUT2D eigenvalue weighted by Crippen LogP contribution is -2.44. The first kappa shape index (κ1) is 20.2. The molecule has 1 N–H and O–H groups in total. The fraction of sp³-hybridized carbons (Fsp3) is 0.238. The van der Waals surface area contributed by atoms with E-state index in [4.69, 9.17) is 0 Å². The normalized spacial score (nSPS) is 15.2. The summed E-state index contributed by atoms with van der Waals surface area (Å²) >= 11 is 0. The smallest absolute Gasteiger partial charge is 0.261 e. The monoisotopic (exact) mass is 427 g/mol. The molecule has 0 saturated carbocycles. The molecule has 9 heteroatoms. The van der Waals surface area contributed by atoms with E-state index >= 15 is 0 Å². The summed E-state index contributed by atoms with van der Waals surface area (Å²) in [6.07, 6.45) is 0. The Hall–Kier alpha value is -3.04. The third-order valence-corrected chi connectivity index (χ3v) is 6.43. The Bertz CT molecular complexity index is 1100. The number of likely N-dealkylation sites (N-methyl/N-ethyl adjacent to an activating group) is 1. The minimum atomic E-state index is -3.78. The van der Waals surface area contributed by atoms with Crippen LogP contribution in [-0.4, -0.2) is 56.7 Å². The Balaban J connectivity index is 1.45. The second kappa shape index (κ2) is 8.37. The largest absolute Gasteiger partial charge is 0.353 e. The Morgan fingerprint density at radius 2 is 1.53 bits per heavy atom. The summed E-state index contributed by atoms with van der Waals surface area (Å²) in [5.41, 5.74) is 1.95. The zero-order valence-corrected chi connectivity index (χ0v) is 17.3. The lowest BCUT2D eigenvalue weighted by Gasteiger charge is -2.32. The topological polar surface area (TPSA) is 78.4 Å². The summed E-state index contributed by atoms with van der Waals surface area (Å²) in [7, 11) is -1.68. The van der Waals surface area contributed by atoms with Crippen LogP contribution < -0.4 is 9.62 Å². The highest BCUT2D eigenvalue weighted by Gasteiger charge is 2.16. The molecule has 4 rings (SSSR count). The molecule has 2 aromatic carbocycles. The van der Waals surface area contributed by atoms with Gasteiger partial charge < -0.3 is 9.80 Å². The van der Waals surface area contributed by atoms with E-state index in [9.17, 15) is 12.8 Å². The quantitative estimate of drug-likeness (QED) is 0.675. The standard InChI is InChI=1S/C21H22FN5O2S/c1-26-12-14-27(15-13-26)21-11-10-20(23-24-21)16-2-6-18(7-3-16)25-30(28,29)19-8-4-17(22)5-9-19/h2-11,25H,12-15H2,1H3. The number of benzene rings is 2. The van der Waals surface area contributed by atoms with Gasteiger partial charge in [0.15, 0.2) is 5.82 Å². The maximum atomic E-state index is 13.0. The molecule has 7 nitrogen and oxygen atoms in total. The zero-order chi connectivity index (χ0) is 21.1. The number of hydrogen-bond donors (Lipinski definition) is 1. The van der Waals surface area contributed by atoms with Gasteiger partial charge in [0.1, 0.15) is 5.82 Å². The number of anilines is 2. The molecule has 0 radical (unpaired) electrons. The third kappa shape index (κ3) is 4.58. The van der Waals surface area contributed by atoms with Gasteiger partial charge in [0.05, 0.1) is 10.6 Å². The molecule has 0 spiro atoms. The highest BCUT2D eigenvalue weighted by atomic mass is 32.2. The van der Waals surface area contributed by atoms with E-state index in [2.05, 4.69) is 31.8 Å². The molecule has 1 saturated heterocycles. The van der Waals surface area contributed by atoms with Crippen molar-refractivity contribution in [3.63, 3.8) is 0 Å². The number of halogens is 1. The van der Waals surface area contributed by atoms with E-state index in [0.29, 0.717) is 11.4 Å². The molecular formula is C21H22FN5O2S. The minimum absolute atomic E-state index is 0.00154. The second-order valence-corrected chi connectivity index (χ2v) is 8.89. The number of nitrogens with zero attached hydrogens (tertiary/aromatic N) is 4. The molecular weight excluding hydrogens is 405 g/mol. The highest BCUT2D eigenvalue weighted by molar-refractivity contribution is 7.92. The van der Waals surface area contributed by atoms with Gasteiger partial charge in [-0.3, -0.25) is 4.72 Å². The zero-order valence-electron chi connectivity index (χ0n) is 16.5. The number of aromatic nitrogens is 2. The van der Waals surface area contributed by atoms with Crippen LogP contribution in [0.3, 0.4) is 0 Å². The average Bonchev–Trinajstić information content (AvgIpc) is 2.75. The van der Waals surface area contributed by atoms with Crippen molar-refractivity contribution >= 4 is 21.5 Å². The van der Waals surface area contributed by atoms with Crippen molar-refractivity contribution in [3.05, 3.63) is 66.5 Å². The fourth-order valence-electron chi connectivity index (χ4n) is 3.22. The molecule has 0 amide bonds. The molecule has 2 heterocycles. The first-order valence-electron chi connectivity index (χ1n) is 9.57. The molecule has 1 aromatic heterocycles. The SMILES string of the molecule is CN1CCN(c2ccc(-c3ccc(NS(=O)(=O)c4ccc(F)cc4)cc3)nn2)CC1. The maximum Gasteiger partial charge on any atom is 0.261 e. The summed E-state index contributed by atoms with van der Waals surface area (Å²) in [5, 5.41) is 8.67. The molecule has 1 aliphatic heterocycles. The van der Waals surface area contributed by atoms with Gasteiger partial charge >= 0.3 is 0 Å². The molecule has 156 valence electrons. The van der Waals surface area contributed by atoms with Gasteiger partial charge in [-0.1, -0.05) is 12.1 Å². The third-order valence-electron chi connectivity index (χ3n) is 5.03. The van der Waals surface area contributed by atoms with Crippen LogP contribution in [-0.2, 0) is 10.0 Å². The molecule has 30 heavy (non-hydrogen) atoms. The van der Waals surface area contributed by atoms with Crippen molar-refractivity contribution in [3.8, 4) is 11.3 Å². The predicted octanol–water partition coefficient (Wildman–Crippen LogP) is 2.84. The number of rotatable bonds is 5. The van der Waals surface area contributed by atoms with Gasteiger partial charge in [0.25, 0.3) is 10.0 Å². The van der Waals surface area contributed by atoms with E-state index in [1.807, 2.05) is 12.1 Å². The minimum Gasteiger partial charge on any atom is -0.353 e. The lowest BCUT2D eigenvalue weighted by atomic mass is 10.1. The predicted molar refractivity (Wildman–Crippen MR) is 114 cm³/mol. The van der Waals surface area contributed by atoms with Crippen molar-refractivity contribution < 1.29 is 12.8 Å². The Kier molecular flexibility index (Phi) is 5.65. The van der Waals surface area contributed by atoms with Crippen LogP contribution in [0.1, 0.15) is 0 Å². The van der Waals surface area contributed by atoms with Crippen molar-refractivity contribution in [2.75, 3.05) is 42.8 Å². The van der Waals surface area contributed by atoms with Crippen LogP contribution in [0.2, 0.25) is 0 Å². The highest BCUT2D eigenvalue weighted by Crippen LogP contribution is 2.23. The summed E-state index contributed by atoms with van der Waals surface area (Å²) in [5.74, 6) is 0.369. The van der Waals surface area contributed by atoms with Crippen LogP contribution in [0, 0.1) is 5.82 Å². The molecule has 3 aromatic rings. The van der Waals surface area contributed by atoms with Crippen LogP contribution in [0.15, 0.2) is 65.6 Å². The number of nitrogens with one attached hydrogen (secondary N) is 1. The number of piperazine rings is 1. The summed E-state index contributed by atoms with van der Waals surface area (Å²) in [4.78, 5) is 4.49. The van der Waals surface area contributed by atoms with Crippen molar-refractivity contribution in [2.24, 2.45) is 0 Å². The first-order chi connectivity index (χ1) is 14.4. The van der Waals surface area contributed by atoms with E-state index in [1.54, 1.807) is 24.3 Å².